The highest BCUT2D eigenvalue weighted by Gasteiger charge is 2.32. The normalized spacial score (nSPS) is 16.0. The molecule has 0 aromatic heterocycles. The number of hydrogen-bond donors (Lipinski definition) is 4. The average Bonchev–Trinajstić information content (AvgIpc) is 2.35. The SMILES string of the molecule is CC(C)(C)OC(=O)N1CC=C(B(O)O)CC1.CC(C)(O)C(C)(C)O. The van der Waals surface area contributed by atoms with E-state index in [4.69, 9.17) is 25.0 Å². The molecule has 0 saturated heterocycles. The fourth-order valence-corrected chi connectivity index (χ4v) is 1.41. The number of rotatable bonds is 2. The first kappa shape index (κ1) is 22.9. The van der Waals surface area contributed by atoms with Crippen molar-refractivity contribution in [1.82, 2.24) is 4.90 Å². The summed E-state index contributed by atoms with van der Waals surface area (Å²) in [5, 5.41) is 36.1. The van der Waals surface area contributed by atoms with Crippen LogP contribution in [0.1, 0.15) is 54.9 Å². The smallest absolute Gasteiger partial charge is 0.444 e. The molecule has 1 aliphatic rings. The van der Waals surface area contributed by atoms with Gasteiger partial charge < -0.3 is 29.9 Å². The molecule has 8 heteroatoms. The molecule has 4 N–H and O–H groups in total. The lowest BCUT2D eigenvalue weighted by Gasteiger charge is -2.31. The van der Waals surface area contributed by atoms with Crippen molar-refractivity contribution in [3.05, 3.63) is 11.5 Å². The standard InChI is InChI=1S/C10H18BNO4.C6H14O2/c1-10(2,3)16-9(13)12-6-4-8(5-7-12)11(14)15;1-5(2,7)6(3,4)8/h4,14-15H,5-7H2,1-3H3;7-8H,1-4H3. The molecule has 0 radical (unpaired) electrons. The summed E-state index contributed by atoms with van der Waals surface area (Å²) in [5.74, 6) is 0. The Hall–Kier alpha value is -1.09. The third kappa shape index (κ3) is 8.68. The number of carbonyl (C=O) groups excluding carboxylic acids is 1. The lowest BCUT2D eigenvalue weighted by atomic mass is 9.76. The maximum atomic E-state index is 11.6. The van der Waals surface area contributed by atoms with Crippen LogP contribution >= 0.6 is 0 Å². The molecule has 1 aliphatic heterocycles. The Balaban J connectivity index is 0.000000561. The number of carbonyl (C=O) groups is 1. The van der Waals surface area contributed by atoms with E-state index in [9.17, 15) is 4.79 Å². The summed E-state index contributed by atoms with van der Waals surface area (Å²) in [7, 11) is -1.42. The van der Waals surface area contributed by atoms with Gasteiger partial charge in [-0.1, -0.05) is 6.08 Å². The summed E-state index contributed by atoms with van der Waals surface area (Å²) in [6, 6.07) is 0. The second-order valence-electron chi connectivity index (χ2n) is 7.95. The van der Waals surface area contributed by atoms with E-state index in [2.05, 4.69) is 0 Å². The fourth-order valence-electron chi connectivity index (χ4n) is 1.41. The van der Waals surface area contributed by atoms with Crippen LogP contribution < -0.4 is 0 Å². The van der Waals surface area contributed by atoms with Crippen LogP contribution in [0.5, 0.6) is 0 Å². The van der Waals surface area contributed by atoms with Crippen LogP contribution in [-0.2, 0) is 4.74 Å². The first-order valence-corrected chi connectivity index (χ1v) is 8.02. The van der Waals surface area contributed by atoms with E-state index in [0.717, 1.165) is 0 Å². The summed E-state index contributed by atoms with van der Waals surface area (Å²) < 4.78 is 5.21. The lowest BCUT2D eigenvalue weighted by molar-refractivity contribution is -0.107. The summed E-state index contributed by atoms with van der Waals surface area (Å²) in [6.45, 7) is 12.6. The molecular formula is C16H32BNO6. The number of nitrogens with zero attached hydrogens (tertiary/aromatic N) is 1. The van der Waals surface area contributed by atoms with Crippen LogP contribution in [0.4, 0.5) is 4.79 Å². The molecule has 0 atom stereocenters. The molecule has 24 heavy (non-hydrogen) atoms. The van der Waals surface area contributed by atoms with Crippen molar-refractivity contribution in [2.45, 2.75) is 71.7 Å². The van der Waals surface area contributed by atoms with Crippen molar-refractivity contribution in [3.63, 3.8) is 0 Å². The molecule has 0 aliphatic carbocycles. The van der Waals surface area contributed by atoms with E-state index in [1.807, 2.05) is 20.8 Å². The number of amides is 1. The average molecular weight is 345 g/mol. The molecule has 0 aromatic carbocycles. The second-order valence-corrected chi connectivity index (χ2v) is 7.95. The maximum Gasteiger partial charge on any atom is 0.483 e. The molecular weight excluding hydrogens is 313 g/mol. The zero-order chi connectivity index (χ0) is 19.3. The maximum absolute atomic E-state index is 11.6. The highest BCUT2D eigenvalue weighted by Crippen LogP contribution is 2.19. The molecule has 0 spiro atoms. The third-order valence-electron chi connectivity index (χ3n) is 3.72. The predicted octanol–water partition coefficient (Wildman–Crippen LogP) is 1.09. The Morgan fingerprint density at radius 3 is 1.79 bits per heavy atom. The van der Waals surface area contributed by atoms with Crippen LogP contribution in [-0.4, -0.2) is 68.3 Å². The molecule has 0 aromatic rings. The Bertz CT molecular complexity index is 431. The molecule has 0 saturated carbocycles. The van der Waals surface area contributed by atoms with Gasteiger partial charge in [-0.3, -0.25) is 0 Å². The van der Waals surface area contributed by atoms with Crippen molar-refractivity contribution >= 4 is 13.2 Å². The molecule has 7 nitrogen and oxygen atoms in total. The molecule has 0 unspecified atom stereocenters. The van der Waals surface area contributed by atoms with E-state index in [1.165, 1.54) is 4.90 Å². The van der Waals surface area contributed by atoms with Gasteiger partial charge in [0.05, 0.1) is 11.2 Å². The molecule has 1 amide bonds. The molecule has 0 bridgehead atoms. The van der Waals surface area contributed by atoms with Gasteiger partial charge in [-0.25, -0.2) is 4.79 Å². The Labute approximate surface area is 145 Å². The van der Waals surface area contributed by atoms with Crippen molar-refractivity contribution in [1.29, 1.82) is 0 Å². The van der Waals surface area contributed by atoms with Gasteiger partial charge in [-0.2, -0.15) is 0 Å². The minimum Gasteiger partial charge on any atom is -0.444 e. The Morgan fingerprint density at radius 2 is 1.54 bits per heavy atom. The van der Waals surface area contributed by atoms with Gasteiger partial charge in [-0.15, -0.1) is 0 Å². The van der Waals surface area contributed by atoms with Gasteiger partial charge >= 0.3 is 13.2 Å². The van der Waals surface area contributed by atoms with Gasteiger partial charge in [-0.05, 0) is 60.4 Å². The highest BCUT2D eigenvalue weighted by atomic mass is 16.6. The predicted molar refractivity (Wildman–Crippen MR) is 93.3 cm³/mol. The van der Waals surface area contributed by atoms with Gasteiger partial charge in [0, 0.05) is 13.1 Å². The summed E-state index contributed by atoms with van der Waals surface area (Å²) in [6.07, 6.45) is 1.75. The van der Waals surface area contributed by atoms with Crippen molar-refractivity contribution < 1.29 is 29.8 Å². The zero-order valence-electron chi connectivity index (χ0n) is 15.8. The quantitative estimate of drug-likeness (QED) is 0.558. The largest absolute Gasteiger partial charge is 0.483 e. The van der Waals surface area contributed by atoms with Crippen LogP contribution in [0.15, 0.2) is 11.5 Å². The number of ether oxygens (including phenoxy) is 1. The minimum absolute atomic E-state index is 0.363. The van der Waals surface area contributed by atoms with Gasteiger partial charge in [0.1, 0.15) is 5.60 Å². The third-order valence-corrected chi connectivity index (χ3v) is 3.72. The number of aliphatic hydroxyl groups is 2. The molecule has 1 rings (SSSR count). The molecule has 140 valence electrons. The summed E-state index contributed by atoms with van der Waals surface area (Å²) in [5.41, 5.74) is -1.96. The van der Waals surface area contributed by atoms with Crippen LogP contribution in [0, 0.1) is 0 Å². The van der Waals surface area contributed by atoms with E-state index in [-0.39, 0.29) is 6.09 Å². The van der Waals surface area contributed by atoms with Crippen molar-refractivity contribution in [3.8, 4) is 0 Å². The molecule has 1 heterocycles. The van der Waals surface area contributed by atoms with Gasteiger partial charge in [0.15, 0.2) is 0 Å². The number of hydrogen-bond acceptors (Lipinski definition) is 6. The van der Waals surface area contributed by atoms with E-state index in [0.29, 0.717) is 25.0 Å². The Morgan fingerprint density at radius 1 is 1.08 bits per heavy atom. The van der Waals surface area contributed by atoms with Crippen molar-refractivity contribution in [2.24, 2.45) is 0 Å². The van der Waals surface area contributed by atoms with Gasteiger partial charge in [0.25, 0.3) is 0 Å². The highest BCUT2D eigenvalue weighted by molar-refractivity contribution is 6.50. The van der Waals surface area contributed by atoms with E-state index in [1.54, 1.807) is 33.8 Å². The fraction of sp³-hybridized carbons (Fsp3) is 0.812. The first-order chi connectivity index (χ1) is 10.5. The summed E-state index contributed by atoms with van der Waals surface area (Å²) >= 11 is 0. The van der Waals surface area contributed by atoms with E-state index < -0.39 is 23.9 Å². The van der Waals surface area contributed by atoms with Crippen LogP contribution in [0.2, 0.25) is 0 Å². The topological polar surface area (TPSA) is 110 Å². The Kier molecular flexibility index (Phi) is 7.96. The van der Waals surface area contributed by atoms with E-state index >= 15 is 0 Å². The first-order valence-electron chi connectivity index (χ1n) is 8.02. The minimum atomic E-state index is -1.42. The van der Waals surface area contributed by atoms with Crippen LogP contribution in [0.25, 0.3) is 0 Å². The zero-order valence-corrected chi connectivity index (χ0v) is 15.8. The lowest BCUT2D eigenvalue weighted by Crippen LogP contribution is -2.44. The summed E-state index contributed by atoms with van der Waals surface area (Å²) in [4.78, 5) is 13.2. The van der Waals surface area contributed by atoms with Gasteiger partial charge in [0.2, 0.25) is 0 Å². The second kappa shape index (κ2) is 8.33. The monoisotopic (exact) mass is 345 g/mol. The molecule has 0 fully saturated rings. The van der Waals surface area contributed by atoms with Crippen molar-refractivity contribution in [2.75, 3.05) is 13.1 Å². The van der Waals surface area contributed by atoms with Crippen LogP contribution in [0.3, 0.4) is 0 Å².